The molecule has 29 heavy (non-hydrogen) atoms. The van der Waals surface area contributed by atoms with Crippen LogP contribution < -0.4 is 5.32 Å². The van der Waals surface area contributed by atoms with E-state index in [0.29, 0.717) is 5.56 Å². The van der Waals surface area contributed by atoms with Crippen molar-refractivity contribution >= 4 is 27.5 Å². The number of nitrogens with one attached hydrogen (secondary N) is 1. The number of aryl methyl sites for hydroxylation is 2. The number of hydrogen-bond donors (Lipinski definition) is 1. The first-order valence-electron chi connectivity index (χ1n) is 9.90. The van der Waals surface area contributed by atoms with Crippen LogP contribution in [-0.4, -0.2) is 15.9 Å². The van der Waals surface area contributed by atoms with Crippen molar-refractivity contribution in [2.45, 2.75) is 32.2 Å². The minimum absolute atomic E-state index is 0.0267. The highest BCUT2D eigenvalue weighted by Gasteiger charge is 2.22. The summed E-state index contributed by atoms with van der Waals surface area (Å²) in [5.74, 6) is -0.0267. The molecule has 1 atom stereocenters. The van der Waals surface area contributed by atoms with Gasteiger partial charge >= 0.3 is 0 Å². The highest BCUT2D eigenvalue weighted by atomic mass is 32.1. The Labute approximate surface area is 173 Å². The fourth-order valence-corrected chi connectivity index (χ4v) is 5.12. The molecule has 0 fully saturated rings. The van der Waals surface area contributed by atoms with Crippen LogP contribution in [0, 0.1) is 6.92 Å². The first-order chi connectivity index (χ1) is 14.2. The quantitative estimate of drug-likeness (QED) is 0.497. The van der Waals surface area contributed by atoms with E-state index < -0.39 is 0 Å². The molecule has 2 heterocycles. The van der Waals surface area contributed by atoms with Crippen molar-refractivity contribution in [2.24, 2.45) is 0 Å². The summed E-state index contributed by atoms with van der Waals surface area (Å²) in [7, 11) is 0. The molecule has 1 amide bonds. The zero-order chi connectivity index (χ0) is 19.8. The topological polar surface area (TPSA) is 54.9 Å². The first-order valence-corrected chi connectivity index (χ1v) is 10.7. The number of benzene rings is 2. The van der Waals surface area contributed by atoms with Crippen molar-refractivity contribution < 1.29 is 4.79 Å². The predicted octanol–water partition coefficient (Wildman–Crippen LogP) is 5.47. The fourth-order valence-electron chi connectivity index (χ4n) is 4.04. The van der Waals surface area contributed by atoms with Crippen molar-refractivity contribution in [3.05, 3.63) is 83.2 Å². The number of thiazole rings is 1. The molecular weight excluding hydrogens is 378 g/mol. The van der Waals surface area contributed by atoms with Gasteiger partial charge in [0.2, 0.25) is 0 Å². The maximum absolute atomic E-state index is 13.0. The maximum Gasteiger partial charge on any atom is 0.251 e. The summed E-state index contributed by atoms with van der Waals surface area (Å²) in [4.78, 5) is 22.1. The molecule has 0 unspecified atom stereocenters. The van der Waals surface area contributed by atoms with Gasteiger partial charge in [0.15, 0.2) is 0 Å². The lowest BCUT2D eigenvalue weighted by Gasteiger charge is -2.26. The van der Waals surface area contributed by atoms with Gasteiger partial charge in [-0.1, -0.05) is 24.3 Å². The number of aromatic nitrogens is 2. The zero-order valence-electron chi connectivity index (χ0n) is 16.2. The zero-order valence-corrected chi connectivity index (χ0v) is 17.0. The number of fused-ring (bicyclic) bond motifs is 2. The van der Waals surface area contributed by atoms with E-state index in [2.05, 4.69) is 34.6 Å². The van der Waals surface area contributed by atoms with Crippen LogP contribution in [0.4, 0.5) is 0 Å². The smallest absolute Gasteiger partial charge is 0.251 e. The van der Waals surface area contributed by atoms with Gasteiger partial charge < -0.3 is 5.32 Å². The molecule has 0 radical (unpaired) electrons. The van der Waals surface area contributed by atoms with Crippen molar-refractivity contribution in [3.63, 3.8) is 0 Å². The van der Waals surface area contributed by atoms with Crippen LogP contribution in [0.25, 0.3) is 20.8 Å². The van der Waals surface area contributed by atoms with Gasteiger partial charge in [-0.05, 0) is 67.6 Å². The van der Waals surface area contributed by atoms with E-state index in [1.54, 1.807) is 17.5 Å². The molecule has 144 valence electrons. The van der Waals surface area contributed by atoms with Crippen LogP contribution in [-0.2, 0) is 6.42 Å². The Morgan fingerprint density at radius 3 is 2.93 bits per heavy atom. The molecule has 0 saturated carbocycles. The van der Waals surface area contributed by atoms with Crippen LogP contribution in [0.15, 0.2) is 60.8 Å². The standard InChI is InChI=1S/C24H21N3OS/c1-15-18(9-5-13-25-15)24-27-21-12-11-17(14-22(21)29-24)23(28)26-20-10-4-7-16-6-2-3-8-19(16)20/h2-3,5-6,8-9,11-14,20H,4,7,10H2,1H3,(H,26,28)/t20-/m0/s1. The summed E-state index contributed by atoms with van der Waals surface area (Å²) < 4.78 is 1.01. The SMILES string of the molecule is Cc1ncccc1-c1nc2ccc(C(=O)N[C@H]3CCCc4ccccc43)cc2s1. The summed E-state index contributed by atoms with van der Waals surface area (Å²) in [5, 5.41) is 4.17. The number of rotatable bonds is 3. The molecule has 1 N–H and O–H groups in total. The summed E-state index contributed by atoms with van der Waals surface area (Å²) in [5.41, 5.74) is 6.18. The Morgan fingerprint density at radius 1 is 1.14 bits per heavy atom. The first kappa shape index (κ1) is 18.0. The molecule has 0 aliphatic heterocycles. The highest BCUT2D eigenvalue weighted by molar-refractivity contribution is 7.21. The third-order valence-corrected chi connectivity index (χ3v) is 6.61. The Kier molecular flexibility index (Phi) is 4.60. The summed E-state index contributed by atoms with van der Waals surface area (Å²) in [6, 6.07) is 18.2. The van der Waals surface area contributed by atoms with E-state index in [0.717, 1.165) is 45.7 Å². The molecular formula is C24H21N3OS. The average Bonchev–Trinajstić information content (AvgIpc) is 3.17. The van der Waals surface area contributed by atoms with E-state index in [9.17, 15) is 4.79 Å². The van der Waals surface area contributed by atoms with Gasteiger partial charge in [-0.25, -0.2) is 4.98 Å². The maximum atomic E-state index is 13.0. The van der Waals surface area contributed by atoms with E-state index in [4.69, 9.17) is 4.98 Å². The van der Waals surface area contributed by atoms with Gasteiger partial charge in [0.25, 0.3) is 5.91 Å². The van der Waals surface area contributed by atoms with Gasteiger partial charge in [-0.2, -0.15) is 0 Å². The number of nitrogens with zero attached hydrogens (tertiary/aromatic N) is 2. The van der Waals surface area contributed by atoms with Crippen molar-refractivity contribution in [1.29, 1.82) is 0 Å². The molecule has 4 aromatic rings. The van der Waals surface area contributed by atoms with E-state index in [-0.39, 0.29) is 11.9 Å². The molecule has 0 bridgehead atoms. The second-order valence-electron chi connectivity index (χ2n) is 7.45. The molecule has 4 nitrogen and oxygen atoms in total. The van der Waals surface area contributed by atoms with Gasteiger partial charge in [0.05, 0.1) is 16.3 Å². The molecule has 1 aliphatic rings. The number of amides is 1. The minimum Gasteiger partial charge on any atom is -0.345 e. The lowest BCUT2D eigenvalue weighted by molar-refractivity contribution is 0.0933. The van der Waals surface area contributed by atoms with Gasteiger partial charge in [0, 0.05) is 23.0 Å². The van der Waals surface area contributed by atoms with Crippen molar-refractivity contribution in [3.8, 4) is 10.6 Å². The van der Waals surface area contributed by atoms with Crippen molar-refractivity contribution in [2.75, 3.05) is 0 Å². The Morgan fingerprint density at radius 2 is 2.03 bits per heavy atom. The molecule has 0 spiro atoms. The summed E-state index contributed by atoms with van der Waals surface area (Å²) >= 11 is 1.60. The normalized spacial score (nSPS) is 15.8. The third kappa shape index (κ3) is 3.42. The van der Waals surface area contributed by atoms with Crippen LogP contribution in [0.2, 0.25) is 0 Å². The largest absolute Gasteiger partial charge is 0.345 e. The lowest BCUT2D eigenvalue weighted by Crippen LogP contribution is -2.30. The number of carbonyl (C=O) groups excluding carboxylic acids is 1. The van der Waals surface area contributed by atoms with Crippen LogP contribution >= 0.6 is 11.3 Å². The van der Waals surface area contributed by atoms with E-state index in [1.807, 2.05) is 37.3 Å². The molecule has 1 aliphatic carbocycles. The van der Waals surface area contributed by atoms with Gasteiger partial charge in [-0.3, -0.25) is 9.78 Å². The Bertz CT molecular complexity index is 1210. The van der Waals surface area contributed by atoms with Crippen molar-refractivity contribution in [1.82, 2.24) is 15.3 Å². The molecule has 5 heteroatoms. The molecule has 0 saturated heterocycles. The van der Waals surface area contributed by atoms with Crippen LogP contribution in [0.3, 0.4) is 0 Å². The molecule has 2 aromatic carbocycles. The Hall–Kier alpha value is -3.05. The predicted molar refractivity (Wildman–Crippen MR) is 117 cm³/mol. The highest BCUT2D eigenvalue weighted by Crippen LogP contribution is 2.33. The van der Waals surface area contributed by atoms with Crippen LogP contribution in [0.5, 0.6) is 0 Å². The third-order valence-electron chi connectivity index (χ3n) is 5.56. The minimum atomic E-state index is -0.0267. The molecule has 2 aromatic heterocycles. The lowest BCUT2D eigenvalue weighted by atomic mass is 9.87. The number of pyridine rings is 1. The monoisotopic (exact) mass is 399 g/mol. The van der Waals surface area contributed by atoms with E-state index in [1.165, 1.54) is 11.1 Å². The molecule has 5 rings (SSSR count). The average molecular weight is 400 g/mol. The number of hydrogen-bond acceptors (Lipinski definition) is 4. The Balaban J connectivity index is 1.42. The fraction of sp³-hybridized carbons (Fsp3) is 0.208. The summed E-state index contributed by atoms with van der Waals surface area (Å²) in [6.07, 6.45) is 4.96. The van der Waals surface area contributed by atoms with Crippen LogP contribution in [0.1, 0.15) is 46.1 Å². The van der Waals surface area contributed by atoms with Gasteiger partial charge in [-0.15, -0.1) is 11.3 Å². The van der Waals surface area contributed by atoms with Gasteiger partial charge in [0.1, 0.15) is 5.01 Å². The number of carbonyl (C=O) groups is 1. The van der Waals surface area contributed by atoms with E-state index >= 15 is 0 Å². The second kappa shape index (κ2) is 7.41. The summed E-state index contributed by atoms with van der Waals surface area (Å²) in [6.45, 7) is 1.99. The second-order valence-corrected chi connectivity index (χ2v) is 8.49.